The minimum Gasteiger partial charge on any atom is -0.444 e. The van der Waals surface area contributed by atoms with Crippen molar-refractivity contribution in [3.05, 3.63) is 122 Å². The van der Waals surface area contributed by atoms with Crippen molar-refractivity contribution in [1.29, 1.82) is 0 Å². The number of amides is 1. The molecule has 7 heteroatoms. The van der Waals surface area contributed by atoms with Gasteiger partial charge in [-0.15, -0.1) is 0 Å². The predicted molar refractivity (Wildman–Crippen MR) is 143 cm³/mol. The number of ether oxygens (including phenoxy) is 1. The lowest BCUT2D eigenvalue weighted by Crippen LogP contribution is -2.17. The lowest BCUT2D eigenvalue weighted by Gasteiger charge is -2.29. The van der Waals surface area contributed by atoms with Gasteiger partial charge in [-0.25, -0.2) is 9.64 Å². The van der Waals surface area contributed by atoms with Gasteiger partial charge in [-0.2, -0.15) is 0 Å². The number of rotatable bonds is 4. The van der Waals surface area contributed by atoms with Crippen LogP contribution in [0, 0.1) is 13.5 Å². The van der Waals surface area contributed by atoms with E-state index in [1.165, 1.54) is 0 Å². The number of hydrogen-bond acceptors (Lipinski definition) is 3. The van der Waals surface area contributed by atoms with E-state index < -0.39 is 6.09 Å². The number of aryl methyl sites for hydroxylation is 1. The number of halogens is 2. The Bertz CT molecular complexity index is 1530. The van der Waals surface area contributed by atoms with Gasteiger partial charge in [0.1, 0.15) is 12.4 Å². The van der Waals surface area contributed by atoms with Crippen molar-refractivity contribution in [1.82, 2.24) is 4.98 Å². The van der Waals surface area contributed by atoms with E-state index in [1.54, 1.807) is 12.3 Å². The fourth-order valence-electron chi connectivity index (χ4n) is 4.63. The van der Waals surface area contributed by atoms with Crippen molar-refractivity contribution < 1.29 is 9.53 Å². The molecule has 1 N–H and O–H groups in total. The van der Waals surface area contributed by atoms with Crippen molar-refractivity contribution in [3.8, 4) is 11.1 Å². The third-order valence-corrected chi connectivity index (χ3v) is 7.20. The zero-order chi connectivity index (χ0) is 25.2. The van der Waals surface area contributed by atoms with E-state index in [9.17, 15) is 4.79 Å². The second-order valence-electron chi connectivity index (χ2n) is 8.61. The summed E-state index contributed by atoms with van der Waals surface area (Å²) in [6.45, 7) is 9.99. The number of carbonyl (C=O) groups excluding carboxylic acids is 1. The molecule has 178 valence electrons. The van der Waals surface area contributed by atoms with Crippen molar-refractivity contribution in [2.24, 2.45) is 0 Å². The molecule has 1 aliphatic carbocycles. The number of pyridine rings is 1. The van der Waals surface area contributed by atoms with Gasteiger partial charge < -0.3 is 4.74 Å². The van der Waals surface area contributed by atoms with Crippen LogP contribution < -0.4 is 5.32 Å². The Hall–Kier alpha value is -3.85. The molecule has 0 spiro atoms. The minimum absolute atomic E-state index is 0.0294. The number of anilines is 1. The predicted octanol–water partition coefficient (Wildman–Crippen LogP) is 8.35. The highest BCUT2D eigenvalue weighted by Gasteiger charge is 2.30. The van der Waals surface area contributed by atoms with Gasteiger partial charge in [0.15, 0.2) is 0 Å². The lowest BCUT2D eigenvalue weighted by molar-refractivity contribution is 0.155. The molecule has 0 saturated heterocycles. The highest BCUT2D eigenvalue weighted by molar-refractivity contribution is 6.42. The Morgan fingerprint density at radius 2 is 1.89 bits per heavy atom. The summed E-state index contributed by atoms with van der Waals surface area (Å²) in [5.74, 6) is 0.211. The number of hydrogen-bond donors (Lipinski definition) is 1. The summed E-state index contributed by atoms with van der Waals surface area (Å²) in [6, 6.07) is 21.3. The normalized spacial score (nSPS) is 13.8. The van der Waals surface area contributed by atoms with Crippen molar-refractivity contribution in [2.75, 3.05) is 5.32 Å². The molecule has 4 aromatic rings. The number of fused-ring (bicyclic) bond motifs is 3. The quantitative estimate of drug-likeness (QED) is 0.279. The number of aromatic nitrogens is 1. The van der Waals surface area contributed by atoms with Crippen LogP contribution in [0.15, 0.2) is 72.9 Å². The second kappa shape index (κ2) is 10.0. The van der Waals surface area contributed by atoms with E-state index in [2.05, 4.69) is 21.2 Å². The van der Waals surface area contributed by atoms with Gasteiger partial charge in [0.25, 0.3) is 0 Å². The molecule has 5 rings (SSSR count). The molecule has 1 aliphatic rings. The average molecular weight is 514 g/mol. The van der Waals surface area contributed by atoms with Gasteiger partial charge in [0.2, 0.25) is 5.69 Å². The summed E-state index contributed by atoms with van der Waals surface area (Å²) >= 11 is 12.5. The first-order chi connectivity index (χ1) is 17.5. The van der Waals surface area contributed by atoms with Crippen LogP contribution in [0.4, 0.5) is 16.3 Å². The summed E-state index contributed by atoms with van der Waals surface area (Å²) in [6.07, 6.45) is 1.70. The molecule has 1 aromatic heterocycles. The molecule has 1 heterocycles. The average Bonchev–Trinajstić information content (AvgIpc) is 2.89. The summed E-state index contributed by atoms with van der Waals surface area (Å²) in [5, 5.41) is 3.68. The molecule has 5 nitrogen and oxygen atoms in total. The zero-order valence-corrected chi connectivity index (χ0v) is 20.9. The van der Waals surface area contributed by atoms with E-state index >= 15 is 0 Å². The third-order valence-electron chi connectivity index (χ3n) is 6.46. The van der Waals surface area contributed by atoms with E-state index in [0.717, 1.165) is 38.9 Å². The number of benzene rings is 3. The van der Waals surface area contributed by atoms with E-state index in [4.69, 9.17) is 34.5 Å². The first kappa shape index (κ1) is 23.9. The van der Waals surface area contributed by atoms with Crippen molar-refractivity contribution in [2.45, 2.75) is 25.9 Å². The van der Waals surface area contributed by atoms with Crippen LogP contribution in [0.25, 0.3) is 16.0 Å². The number of nitrogens with zero attached hydrogens (tertiary/aromatic N) is 2. The topological polar surface area (TPSA) is 55.6 Å². The Morgan fingerprint density at radius 3 is 2.67 bits per heavy atom. The van der Waals surface area contributed by atoms with Gasteiger partial charge in [-0.3, -0.25) is 10.3 Å². The Balaban J connectivity index is 1.47. The van der Waals surface area contributed by atoms with Crippen LogP contribution in [-0.4, -0.2) is 11.1 Å². The molecule has 0 aliphatic heterocycles. The van der Waals surface area contributed by atoms with Gasteiger partial charge >= 0.3 is 6.09 Å². The third kappa shape index (κ3) is 4.54. The molecule has 0 bridgehead atoms. The molecule has 3 aromatic carbocycles. The number of carbonyl (C=O) groups is 1. The summed E-state index contributed by atoms with van der Waals surface area (Å²) in [5.41, 5.74) is 6.99. The maximum Gasteiger partial charge on any atom is 0.412 e. The van der Waals surface area contributed by atoms with Crippen LogP contribution in [0.1, 0.15) is 33.7 Å². The highest BCUT2D eigenvalue weighted by atomic mass is 35.5. The Labute approximate surface area is 219 Å². The summed E-state index contributed by atoms with van der Waals surface area (Å²) < 4.78 is 5.41. The van der Waals surface area contributed by atoms with Crippen LogP contribution in [0.3, 0.4) is 0 Å². The molecule has 0 saturated carbocycles. The van der Waals surface area contributed by atoms with E-state index in [-0.39, 0.29) is 18.3 Å². The van der Waals surface area contributed by atoms with Crippen LogP contribution in [-0.2, 0) is 17.8 Å². The maximum absolute atomic E-state index is 12.6. The van der Waals surface area contributed by atoms with E-state index in [1.807, 2.05) is 61.5 Å². The first-order valence-electron chi connectivity index (χ1n) is 11.4. The summed E-state index contributed by atoms with van der Waals surface area (Å²) in [7, 11) is 0. The Morgan fingerprint density at radius 1 is 1.11 bits per heavy atom. The fraction of sp³-hybridized carbons (Fsp3) is 0.138. The van der Waals surface area contributed by atoms with Gasteiger partial charge in [0, 0.05) is 12.1 Å². The summed E-state index contributed by atoms with van der Waals surface area (Å²) in [4.78, 5) is 20.8. The molecule has 0 radical (unpaired) electrons. The molecule has 1 atom stereocenters. The Kier molecular flexibility index (Phi) is 6.65. The largest absolute Gasteiger partial charge is 0.444 e. The smallest absolute Gasteiger partial charge is 0.412 e. The molecule has 1 amide bonds. The maximum atomic E-state index is 12.6. The van der Waals surface area contributed by atoms with Crippen LogP contribution in [0.5, 0.6) is 0 Å². The molecular weight excluding hydrogens is 493 g/mol. The monoisotopic (exact) mass is 513 g/mol. The number of nitrogens with one attached hydrogen (secondary N) is 1. The standard InChI is InChI=1S/C29H21Cl2N3O2/c1-17-7-3-4-8-19(17)16-36-29(35)34-28-27(32-2)26-20(15-33-28)13-23(21-9-5-6-10-22(21)26)18-11-12-24(30)25(31)14-18/h3-12,14-15,23H,13,16H2,1H3,(H,33,34,35). The molecular formula is C29H21Cl2N3O2. The van der Waals surface area contributed by atoms with Crippen LogP contribution in [0.2, 0.25) is 10.0 Å². The SMILES string of the molecule is [C-]#[N+]c1c(NC(=O)OCc2ccccc2C)ncc2c1-c1ccccc1C(c1ccc(Cl)c(Cl)c1)C2. The second-order valence-corrected chi connectivity index (χ2v) is 9.43. The van der Waals surface area contributed by atoms with Gasteiger partial charge in [0.05, 0.1) is 16.6 Å². The van der Waals surface area contributed by atoms with Gasteiger partial charge in [-0.1, -0.05) is 77.8 Å². The lowest BCUT2D eigenvalue weighted by atomic mass is 9.76. The molecule has 0 fully saturated rings. The first-order valence-corrected chi connectivity index (χ1v) is 12.1. The van der Waals surface area contributed by atoms with Crippen LogP contribution >= 0.6 is 23.2 Å². The van der Waals surface area contributed by atoms with Crippen molar-refractivity contribution >= 4 is 40.8 Å². The van der Waals surface area contributed by atoms with E-state index in [0.29, 0.717) is 22.2 Å². The van der Waals surface area contributed by atoms with Crippen molar-refractivity contribution in [3.63, 3.8) is 0 Å². The van der Waals surface area contributed by atoms with Gasteiger partial charge in [-0.05, 0) is 64.4 Å². The fourth-order valence-corrected chi connectivity index (χ4v) is 4.93. The highest BCUT2D eigenvalue weighted by Crippen LogP contribution is 2.48. The molecule has 36 heavy (non-hydrogen) atoms. The minimum atomic E-state index is -0.659. The molecule has 1 unspecified atom stereocenters. The zero-order valence-electron chi connectivity index (χ0n) is 19.4.